The Kier molecular flexibility index (Phi) is 6.39. The highest BCUT2D eigenvalue weighted by atomic mass is 79.9. The van der Waals surface area contributed by atoms with Crippen LogP contribution in [0.4, 0.5) is 5.69 Å². The first kappa shape index (κ1) is 19.4. The lowest BCUT2D eigenvalue weighted by atomic mass is 9.95. The summed E-state index contributed by atoms with van der Waals surface area (Å²) >= 11 is 0. The zero-order valence-corrected chi connectivity index (χ0v) is 16.7. The quantitative estimate of drug-likeness (QED) is 0.737. The van der Waals surface area contributed by atoms with Crippen LogP contribution in [0, 0.1) is 0 Å². The van der Waals surface area contributed by atoms with E-state index in [1.54, 1.807) is 0 Å². The minimum absolute atomic E-state index is 0. The van der Waals surface area contributed by atoms with Crippen molar-refractivity contribution in [1.29, 1.82) is 0 Å². The highest BCUT2D eigenvalue weighted by molar-refractivity contribution is 8.93. The molecule has 120 valence electrons. The van der Waals surface area contributed by atoms with Gasteiger partial charge in [0.2, 0.25) is 0 Å². The maximum Gasteiger partial charge on any atom is 0.145 e. The molecule has 2 aromatic rings. The Hall–Kier alpha value is -0.680. The zero-order valence-electron chi connectivity index (χ0n) is 13.4. The van der Waals surface area contributed by atoms with Gasteiger partial charge in [0.25, 0.3) is 0 Å². The van der Waals surface area contributed by atoms with Crippen molar-refractivity contribution in [3.63, 3.8) is 0 Å². The van der Waals surface area contributed by atoms with Gasteiger partial charge in [-0.25, -0.2) is 0 Å². The number of hydrogen-bond acceptors (Lipinski definition) is 1. The molecular weight excluding hydrogens is 404 g/mol. The number of benzene rings is 2. The summed E-state index contributed by atoms with van der Waals surface area (Å²) in [5, 5.41) is 2.70. The Morgan fingerprint density at radius 1 is 1.05 bits per heavy atom. The summed E-state index contributed by atoms with van der Waals surface area (Å²) < 4.78 is 0.861. The third kappa shape index (κ3) is 2.90. The fraction of sp³-hybridized carbons (Fsp3) is 0.333. The molecule has 0 spiro atoms. The molecule has 0 amide bonds. The van der Waals surface area contributed by atoms with Crippen molar-refractivity contribution in [2.45, 2.75) is 19.8 Å². The number of nitrogens with zero attached hydrogens (tertiary/aromatic N) is 1. The third-order valence-electron chi connectivity index (χ3n) is 4.72. The highest BCUT2D eigenvalue weighted by Crippen LogP contribution is 2.47. The van der Waals surface area contributed by atoms with Crippen molar-refractivity contribution in [2.75, 3.05) is 20.6 Å². The molecule has 0 saturated heterocycles. The number of nitrogens with two attached hydrogens (primary N) is 1. The van der Waals surface area contributed by atoms with Crippen LogP contribution in [0.15, 0.2) is 42.1 Å². The molecule has 1 aliphatic rings. The van der Waals surface area contributed by atoms with E-state index in [1.165, 1.54) is 33.3 Å². The molecule has 4 heteroatoms. The summed E-state index contributed by atoms with van der Waals surface area (Å²) in [6.45, 7) is 3.02. The van der Waals surface area contributed by atoms with Gasteiger partial charge < -0.3 is 22.7 Å². The standard InChI is InChI=1S/C18H23N2.2BrH/c1-13-15(9-6-12-19)18-16-8-5-4-7-14(16)10-11-17(18)20(13,2)3;;/h4-5,7-8,10-11H,6,9,12,19H2,1-3H3;2*1H/q+1;;/p-1. The average molecular weight is 428 g/mol. The second-order valence-corrected chi connectivity index (χ2v) is 6.09. The van der Waals surface area contributed by atoms with Gasteiger partial charge in [-0.2, -0.15) is 0 Å². The van der Waals surface area contributed by atoms with Crippen molar-refractivity contribution in [3.8, 4) is 0 Å². The van der Waals surface area contributed by atoms with Crippen LogP contribution in [0.25, 0.3) is 16.3 Å². The summed E-state index contributed by atoms with van der Waals surface area (Å²) in [6.07, 6.45) is 2.13. The topological polar surface area (TPSA) is 26.0 Å². The van der Waals surface area contributed by atoms with Gasteiger partial charge in [0.15, 0.2) is 0 Å². The van der Waals surface area contributed by atoms with Crippen LogP contribution >= 0.6 is 17.0 Å². The van der Waals surface area contributed by atoms with Gasteiger partial charge >= 0.3 is 0 Å². The Morgan fingerprint density at radius 2 is 1.73 bits per heavy atom. The fourth-order valence-corrected chi connectivity index (χ4v) is 3.33. The molecule has 22 heavy (non-hydrogen) atoms. The van der Waals surface area contributed by atoms with Crippen molar-refractivity contribution in [2.24, 2.45) is 5.73 Å². The summed E-state index contributed by atoms with van der Waals surface area (Å²) in [4.78, 5) is 0. The van der Waals surface area contributed by atoms with E-state index in [0.717, 1.165) is 23.9 Å². The lowest BCUT2D eigenvalue weighted by Crippen LogP contribution is -3.00. The monoisotopic (exact) mass is 426 g/mol. The largest absolute Gasteiger partial charge is 1.00 e. The van der Waals surface area contributed by atoms with E-state index < -0.39 is 0 Å². The van der Waals surface area contributed by atoms with Crippen LogP contribution in [0.1, 0.15) is 25.3 Å². The van der Waals surface area contributed by atoms with Crippen molar-refractivity contribution >= 4 is 39.0 Å². The number of quaternary nitrogens is 1. The van der Waals surface area contributed by atoms with Crippen LogP contribution in [-0.2, 0) is 0 Å². The summed E-state index contributed by atoms with van der Waals surface area (Å²) in [5.74, 6) is 0. The number of allylic oxidation sites excluding steroid dienone is 2. The molecule has 1 aliphatic heterocycles. The van der Waals surface area contributed by atoms with Gasteiger partial charge in [-0.05, 0) is 36.2 Å². The van der Waals surface area contributed by atoms with Crippen LogP contribution in [0.3, 0.4) is 0 Å². The van der Waals surface area contributed by atoms with E-state index in [0.29, 0.717) is 0 Å². The van der Waals surface area contributed by atoms with Crippen molar-refractivity contribution in [3.05, 3.63) is 47.7 Å². The Balaban J connectivity index is 0.00000121. The predicted octanol–water partition coefficient (Wildman–Crippen LogP) is 1.47. The molecule has 0 saturated carbocycles. The van der Waals surface area contributed by atoms with E-state index in [4.69, 9.17) is 5.73 Å². The first-order valence-electron chi connectivity index (χ1n) is 7.34. The second kappa shape index (κ2) is 7.26. The molecular formula is C18H24Br2N2. The van der Waals surface area contributed by atoms with E-state index in [2.05, 4.69) is 57.4 Å². The Labute approximate surface area is 154 Å². The van der Waals surface area contributed by atoms with Gasteiger partial charge in [0.05, 0.1) is 19.7 Å². The van der Waals surface area contributed by atoms with Crippen molar-refractivity contribution < 1.29 is 17.0 Å². The summed E-state index contributed by atoms with van der Waals surface area (Å²) in [7, 11) is 4.55. The number of rotatable bonds is 3. The third-order valence-corrected chi connectivity index (χ3v) is 4.72. The van der Waals surface area contributed by atoms with Crippen LogP contribution in [0.5, 0.6) is 0 Å². The molecule has 2 N–H and O–H groups in total. The maximum atomic E-state index is 5.72. The van der Waals surface area contributed by atoms with E-state index in [1.807, 2.05) is 0 Å². The van der Waals surface area contributed by atoms with Crippen LogP contribution in [-0.4, -0.2) is 20.6 Å². The van der Waals surface area contributed by atoms with E-state index >= 15 is 0 Å². The van der Waals surface area contributed by atoms with Crippen LogP contribution in [0.2, 0.25) is 0 Å². The smallest absolute Gasteiger partial charge is 0.145 e. The van der Waals surface area contributed by atoms with E-state index in [-0.39, 0.29) is 34.0 Å². The molecule has 1 heterocycles. The molecule has 0 bridgehead atoms. The molecule has 0 unspecified atom stereocenters. The zero-order chi connectivity index (χ0) is 14.3. The summed E-state index contributed by atoms with van der Waals surface area (Å²) in [6, 6.07) is 13.2. The molecule has 0 radical (unpaired) electrons. The predicted molar refractivity (Wildman–Crippen MR) is 98.8 cm³/mol. The molecule has 2 nitrogen and oxygen atoms in total. The highest BCUT2D eigenvalue weighted by Gasteiger charge is 2.37. The Morgan fingerprint density at radius 3 is 2.41 bits per heavy atom. The van der Waals surface area contributed by atoms with E-state index in [9.17, 15) is 0 Å². The molecule has 0 aromatic heterocycles. The minimum atomic E-state index is 0. The Bertz CT molecular complexity index is 705. The average Bonchev–Trinajstić information content (AvgIpc) is 2.65. The molecule has 2 aromatic carbocycles. The molecule has 3 rings (SSSR count). The lowest BCUT2D eigenvalue weighted by Gasteiger charge is -2.26. The van der Waals surface area contributed by atoms with Gasteiger partial charge in [0.1, 0.15) is 11.4 Å². The van der Waals surface area contributed by atoms with Gasteiger partial charge in [-0.1, -0.05) is 24.3 Å². The number of fused-ring (bicyclic) bond motifs is 3. The van der Waals surface area contributed by atoms with Gasteiger partial charge in [-0.15, -0.1) is 17.0 Å². The molecule has 0 fully saturated rings. The lowest BCUT2D eigenvalue weighted by molar-refractivity contribution is -0.00000432. The van der Waals surface area contributed by atoms with Gasteiger partial charge in [-0.3, -0.25) is 4.48 Å². The number of hydrogen-bond donors (Lipinski definition) is 1. The normalized spacial score (nSPS) is 15.3. The molecule has 0 atom stereocenters. The number of halogens is 2. The van der Waals surface area contributed by atoms with Gasteiger partial charge in [0, 0.05) is 18.6 Å². The molecule has 0 aliphatic carbocycles. The fourth-order valence-electron chi connectivity index (χ4n) is 3.33. The van der Waals surface area contributed by atoms with Crippen molar-refractivity contribution in [1.82, 2.24) is 4.48 Å². The minimum Gasteiger partial charge on any atom is -1.00 e. The maximum absolute atomic E-state index is 5.72. The second-order valence-electron chi connectivity index (χ2n) is 6.09. The SMILES string of the molecule is Br.CC1=C(CCCN)c2c(ccc3ccccc23)[N+]1(C)C.[Br-]. The first-order chi connectivity index (χ1) is 9.57. The first-order valence-corrected chi connectivity index (χ1v) is 7.34. The summed E-state index contributed by atoms with van der Waals surface area (Å²) in [5.41, 5.74) is 11.5. The van der Waals surface area contributed by atoms with Crippen LogP contribution < -0.4 is 27.2 Å².